The van der Waals surface area contributed by atoms with Gasteiger partial charge in [-0.1, -0.05) is 12.1 Å². The second-order valence-electron chi connectivity index (χ2n) is 3.42. The lowest BCUT2D eigenvalue weighted by Crippen LogP contribution is -1.79. The first-order valence-electron chi connectivity index (χ1n) is 4.94. The van der Waals surface area contributed by atoms with Crippen molar-refractivity contribution in [3.8, 4) is 5.75 Å². The van der Waals surface area contributed by atoms with Gasteiger partial charge in [-0.25, -0.2) is 0 Å². The average molecular weight is 355 g/mol. The molecule has 2 nitrogen and oxygen atoms in total. The van der Waals surface area contributed by atoms with E-state index in [-0.39, 0.29) is 5.75 Å². The van der Waals surface area contributed by atoms with Crippen LogP contribution in [-0.4, -0.2) is 10.1 Å². The van der Waals surface area contributed by atoms with Crippen molar-refractivity contribution in [3.63, 3.8) is 0 Å². The number of aromatic hydroxyl groups is 1. The van der Waals surface area contributed by atoms with E-state index >= 15 is 0 Å². The minimum Gasteiger partial charge on any atom is -0.506 e. The van der Waals surface area contributed by atoms with Crippen molar-refractivity contribution in [2.24, 2.45) is 0 Å². The Morgan fingerprint density at radius 1 is 1.06 bits per heavy atom. The molecule has 86 valence electrons. The zero-order chi connectivity index (χ0) is 12.3. The van der Waals surface area contributed by atoms with E-state index in [0.717, 1.165) is 11.3 Å². The molecule has 0 aliphatic rings. The van der Waals surface area contributed by atoms with Gasteiger partial charge in [-0.05, 0) is 67.8 Å². The maximum Gasteiger partial charge on any atom is 0.143 e. The largest absolute Gasteiger partial charge is 0.506 e. The Bertz CT molecular complexity index is 530. The van der Waals surface area contributed by atoms with Crippen LogP contribution in [0.4, 0.5) is 0 Å². The average Bonchev–Trinajstić information content (AvgIpc) is 2.34. The van der Waals surface area contributed by atoms with Gasteiger partial charge in [0.2, 0.25) is 0 Å². The second kappa shape index (κ2) is 5.47. The van der Waals surface area contributed by atoms with Crippen LogP contribution >= 0.6 is 31.9 Å². The fourth-order valence-corrected chi connectivity index (χ4v) is 2.56. The third-order valence-electron chi connectivity index (χ3n) is 2.17. The Kier molecular flexibility index (Phi) is 3.97. The molecule has 2 rings (SSSR count). The van der Waals surface area contributed by atoms with Crippen LogP contribution < -0.4 is 0 Å². The lowest BCUT2D eigenvalue weighted by Gasteiger charge is -2.02. The van der Waals surface area contributed by atoms with Gasteiger partial charge in [-0.3, -0.25) is 4.98 Å². The SMILES string of the molecule is Oc1c(Br)cc(/C=C/c2ccccn2)cc1Br. The number of benzene rings is 1. The number of pyridine rings is 1. The third kappa shape index (κ3) is 3.17. The summed E-state index contributed by atoms with van der Waals surface area (Å²) in [5.74, 6) is 0.208. The molecule has 4 heteroatoms. The van der Waals surface area contributed by atoms with E-state index in [1.54, 1.807) is 6.20 Å². The van der Waals surface area contributed by atoms with Crippen LogP contribution in [-0.2, 0) is 0 Å². The van der Waals surface area contributed by atoms with Gasteiger partial charge in [0.1, 0.15) is 5.75 Å². The van der Waals surface area contributed by atoms with Crippen LogP contribution in [0.1, 0.15) is 11.3 Å². The van der Waals surface area contributed by atoms with Crippen LogP contribution in [0, 0.1) is 0 Å². The number of hydrogen-bond donors (Lipinski definition) is 1. The van der Waals surface area contributed by atoms with Crippen molar-refractivity contribution in [1.29, 1.82) is 0 Å². The zero-order valence-corrected chi connectivity index (χ0v) is 11.9. The quantitative estimate of drug-likeness (QED) is 0.862. The topological polar surface area (TPSA) is 33.1 Å². The maximum absolute atomic E-state index is 9.59. The van der Waals surface area contributed by atoms with Gasteiger partial charge in [0.15, 0.2) is 0 Å². The van der Waals surface area contributed by atoms with Gasteiger partial charge in [0, 0.05) is 6.20 Å². The molecular weight excluding hydrogens is 346 g/mol. The zero-order valence-electron chi connectivity index (χ0n) is 8.77. The Morgan fingerprint density at radius 3 is 2.35 bits per heavy atom. The number of nitrogens with zero attached hydrogens (tertiary/aromatic N) is 1. The summed E-state index contributed by atoms with van der Waals surface area (Å²) >= 11 is 6.59. The van der Waals surface area contributed by atoms with E-state index in [9.17, 15) is 5.11 Å². The van der Waals surface area contributed by atoms with Gasteiger partial charge in [0.05, 0.1) is 14.6 Å². The maximum atomic E-state index is 9.59. The predicted octanol–water partition coefficient (Wildman–Crippen LogP) is 4.48. The molecule has 0 radical (unpaired) electrons. The van der Waals surface area contributed by atoms with Crippen LogP contribution in [0.3, 0.4) is 0 Å². The molecule has 2 aromatic rings. The minimum absolute atomic E-state index is 0.208. The summed E-state index contributed by atoms with van der Waals surface area (Å²) in [7, 11) is 0. The van der Waals surface area contributed by atoms with Crippen molar-refractivity contribution in [2.75, 3.05) is 0 Å². The summed E-state index contributed by atoms with van der Waals surface area (Å²) in [6.07, 6.45) is 5.62. The van der Waals surface area contributed by atoms with E-state index < -0.39 is 0 Å². The van der Waals surface area contributed by atoms with Crippen molar-refractivity contribution in [1.82, 2.24) is 4.98 Å². The standard InChI is InChI=1S/C13H9Br2NO/c14-11-7-9(8-12(15)13(11)17)4-5-10-3-1-2-6-16-10/h1-8,17H/b5-4+. The molecule has 0 aliphatic carbocycles. The molecule has 0 saturated carbocycles. The number of aromatic nitrogens is 1. The molecule has 0 saturated heterocycles. The normalized spacial score (nSPS) is 10.9. The lowest BCUT2D eigenvalue weighted by atomic mass is 10.2. The highest BCUT2D eigenvalue weighted by Crippen LogP contribution is 2.33. The van der Waals surface area contributed by atoms with Gasteiger partial charge >= 0.3 is 0 Å². The molecule has 1 N–H and O–H groups in total. The van der Waals surface area contributed by atoms with Crippen molar-refractivity contribution in [3.05, 3.63) is 56.7 Å². The molecule has 1 aromatic heterocycles. The van der Waals surface area contributed by atoms with Gasteiger partial charge < -0.3 is 5.11 Å². The molecule has 0 unspecified atom stereocenters. The number of rotatable bonds is 2. The fraction of sp³-hybridized carbons (Fsp3) is 0. The fourth-order valence-electron chi connectivity index (χ4n) is 1.34. The Labute approximate surface area is 116 Å². The van der Waals surface area contributed by atoms with E-state index in [4.69, 9.17) is 0 Å². The van der Waals surface area contributed by atoms with Crippen molar-refractivity contribution >= 4 is 44.0 Å². The molecule has 1 aromatic carbocycles. The molecule has 0 atom stereocenters. The third-order valence-corrected chi connectivity index (χ3v) is 3.38. The number of halogens is 2. The monoisotopic (exact) mass is 353 g/mol. The first-order chi connectivity index (χ1) is 8.16. The van der Waals surface area contributed by atoms with Crippen molar-refractivity contribution in [2.45, 2.75) is 0 Å². The van der Waals surface area contributed by atoms with Crippen molar-refractivity contribution < 1.29 is 5.11 Å². The molecular formula is C13H9Br2NO. The van der Waals surface area contributed by atoms with Gasteiger partial charge in [0.25, 0.3) is 0 Å². The molecule has 0 bridgehead atoms. The smallest absolute Gasteiger partial charge is 0.143 e. The highest BCUT2D eigenvalue weighted by Gasteiger charge is 2.03. The van der Waals surface area contributed by atoms with Crippen LogP contribution in [0.25, 0.3) is 12.2 Å². The van der Waals surface area contributed by atoms with E-state index in [1.807, 2.05) is 42.5 Å². The van der Waals surface area contributed by atoms with Crippen LogP contribution in [0.5, 0.6) is 5.75 Å². The molecule has 1 heterocycles. The summed E-state index contributed by atoms with van der Waals surface area (Å²) in [6, 6.07) is 9.44. The Hall–Kier alpha value is -1.13. The number of phenols is 1. The summed E-state index contributed by atoms with van der Waals surface area (Å²) in [6.45, 7) is 0. The summed E-state index contributed by atoms with van der Waals surface area (Å²) in [5, 5.41) is 9.59. The predicted molar refractivity (Wildman–Crippen MR) is 76.7 cm³/mol. The first kappa shape index (κ1) is 12.3. The second-order valence-corrected chi connectivity index (χ2v) is 5.13. The van der Waals surface area contributed by atoms with Gasteiger partial charge in [-0.15, -0.1) is 0 Å². The molecule has 0 fully saturated rings. The molecule has 0 aliphatic heterocycles. The highest BCUT2D eigenvalue weighted by molar-refractivity contribution is 9.11. The lowest BCUT2D eigenvalue weighted by molar-refractivity contribution is 0.468. The summed E-state index contributed by atoms with van der Waals surface area (Å²) in [4.78, 5) is 4.20. The molecule has 17 heavy (non-hydrogen) atoms. The Morgan fingerprint density at radius 2 is 1.76 bits per heavy atom. The van der Waals surface area contributed by atoms with Crippen LogP contribution in [0.15, 0.2) is 45.5 Å². The Balaban J connectivity index is 2.28. The first-order valence-corrected chi connectivity index (χ1v) is 6.52. The molecule has 0 amide bonds. The number of hydrogen-bond acceptors (Lipinski definition) is 2. The van der Waals surface area contributed by atoms with Gasteiger partial charge in [-0.2, -0.15) is 0 Å². The van der Waals surface area contributed by atoms with E-state index in [0.29, 0.717) is 8.95 Å². The summed E-state index contributed by atoms with van der Waals surface area (Å²) in [5.41, 5.74) is 1.88. The van der Waals surface area contributed by atoms with Crippen LogP contribution in [0.2, 0.25) is 0 Å². The van der Waals surface area contributed by atoms with E-state index in [2.05, 4.69) is 36.8 Å². The minimum atomic E-state index is 0.208. The number of phenolic OH excluding ortho intramolecular Hbond substituents is 1. The molecule has 0 spiro atoms. The highest BCUT2D eigenvalue weighted by atomic mass is 79.9. The summed E-state index contributed by atoms with van der Waals surface area (Å²) < 4.78 is 1.32. The van der Waals surface area contributed by atoms with E-state index in [1.165, 1.54) is 0 Å².